The van der Waals surface area contributed by atoms with E-state index in [4.69, 9.17) is 0 Å². The summed E-state index contributed by atoms with van der Waals surface area (Å²) in [5.74, 6) is 0.818. The first-order chi connectivity index (χ1) is 9.22. The van der Waals surface area contributed by atoms with Crippen LogP contribution >= 0.6 is 0 Å². The van der Waals surface area contributed by atoms with E-state index in [1.165, 1.54) is 44.1 Å². The van der Waals surface area contributed by atoms with Gasteiger partial charge in [-0.05, 0) is 61.3 Å². The highest BCUT2D eigenvalue weighted by Crippen LogP contribution is 2.24. The van der Waals surface area contributed by atoms with Crippen molar-refractivity contribution < 1.29 is 0 Å². The molecular weight excluding hydrogens is 230 g/mol. The Bertz CT molecular complexity index is 397. The second-order valence-electron chi connectivity index (χ2n) is 6.16. The monoisotopic (exact) mass is 259 g/mol. The van der Waals surface area contributed by atoms with Gasteiger partial charge in [0.1, 0.15) is 0 Å². The largest absolute Gasteiger partial charge is 0.314 e. The van der Waals surface area contributed by atoms with Crippen LogP contribution in [0.5, 0.6) is 0 Å². The highest BCUT2D eigenvalue weighted by molar-refractivity contribution is 5.35. The number of benzene rings is 1. The van der Waals surface area contributed by atoms with Crippen molar-refractivity contribution in [2.45, 2.75) is 65.3 Å². The first kappa shape index (κ1) is 14.6. The fourth-order valence-electron chi connectivity index (χ4n) is 3.22. The summed E-state index contributed by atoms with van der Waals surface area (Å²) in [5, 5.41) is 3.66. The molecule has 1 nitrogen and oxygen atoms in total. The summed E-state index contributed by atoms with van der Waals surface area (Å²) >= 11 is 0. The zero-order valence-corrected chi connectivity index (χ0v) is 12.8. The van der Waals surface area contributed by atoms with Crippen LogP contribution < -0.4 is 5.32 Å². The van der Waals surface area contributed by atoms with Crippen molar-refractivity contribution in [3.05, 3.63) is 34.9 Å². The fraction of sp³-hybridized carbons (Fsp3) is 0.667. The predicted molar refractivity (Wildman–Crippen MR) is 83.7 cm³/mol. The van der Waals surface area contributed by atoms with Crippen LogP contribution in [-0.2, 0) is 19.3 Å². The van der Waals surface area contributed by atoms with Crippen LogP contribution in [0.2, 0.25) is 0 Å². The van der Waals surface area contributed by atoms with Gasteiger partial charge in [0.05, 0.1) is 0 Å². The van der Waals surface area contributed by atoms with Crippen LogP contribution in [0.25, 0.3) is 0 Å². The van der Waals surface area contributed by atoms with Gasteiger partial charge in [-0.15, -0.1) is 0 Å². The molecule has 1 aliphatic carbocycles. The smallest absolute Gasteiger partial charge is 0.0110 e. The van der Waals surface area contributed by atoms with E-state index in [0.717, 1.165) is 12.5 Å². The second-order valence-corrected chi connectivity index (χ2v) is 6.16. The number of fused-ring (bicyclic) bond motifs is 1. The average Bonchev–Trinajstić information content (AvgIpc) is 2.86. The first-order valence-electron chi connectivity index (χ1n) is 8.07. The minimum atomic E-state index is 0.638. The number of nitrogens with one attached hydrogen (secondary N) is 1. The number of rotatable bonds is 7. The fourth-order valence-corrected chi connectivity index (χ4v) is 3.22. The average molecular weight is 259 g/mol. The Morgan fingerprint density at radius 1 is 1.16 bits per heavy atom. The molecule has 1 N–H and O–H groups in total. The van der Waals surface area contributed by atoms with Crippen molar-refractivity contribution >= 4 is 0 Å². The summed E-state index contributed by atoms with van der Waals surface area (Å²) < 4.78 is 0. The summed E-state index contributed by atoms with van der Waals surface area (Å²) in [7, 11) is 0. The maximum Gasteiger partial charge on any atom is 0.0110 e. The van der Waals surface area contributed by atoms with E-state index in [1.807, 2.05) is 0 Å². The van der Waals surface area contributed by atoms with Gasteiger partial charge >= 0.3 is 0 Å². The summed E-state index contributed by atoms with van der Waals surface area (Å²) in [5.41, 5.74) is 4.72. The van der Waals surface area contributed by atoms with Gasteiger partial charge in [0.2, 0.25) is 0 Å². The van der Waals surface area contributed by atoms with Gasteiger partial charge in [-0.25, -0.2) is 0 Å². The third-order valence-corrected chi connectivity index (χ3v) is 4.52. The Balaban J connectivity index is 1.99. The lowest BCUT2D eigenvalue weighted by Gasteiger charge is -2.21. The maximum atomic E-state index is 3.66. The Hall–Kier alpha value is -0.820. The van der Waals surface area contributed by atoms with Gasteiger partial charge < -0.3 is 5.32 Å². The van der Waals surface area contributed by atoms with Crippen LogP contribution in [0.3, 0.4) is 0 Å². The Morgan fingerprint density at radius 2 is 1.95 bits per heavy atom. The van der Waals surface area contributed by atoms with E-state index < -0.39 is 0 Å². The van der Waals surface area contributed by atoms with E-state index in [2.05, 4.69) is 44.3 Å². The molecule has 1 heteroatoms. The molecule has 0 saturated heterocycles. The van der Waals surface area contributed by atoms with Crippen LogP contribution in [0.4, 0.5) is 0 Å². The van der Waals surface area contributed by atoms with E-state index in [9.17, 15) is 0 Å². The molecule has 1 aromatic carbocycles. The zero-order chi connectivity index (χ0) is 13.7. The molecule has 0 amide bonds. The van der Waals surface area contributed by atoms with Gasteiger partial charge in [0, 0.05) is 6.04 Å². The van der Waals surface area contributed by atoms with Crippen molar-refractivity contribution in [1.29, 1.82) is 0 Å². The molecule has 0 aromatic heterocycles. The van der Waals surface area contributed by atoms with E-state index in [0.29, 0.717) is 6.04 Å². The molecule has 0 radical (unpaired) electrons. The number of likely N-dealkylation sites (N-methyl/N-ethyl adjacent to an activating group) is 1. The van der Waals surface area contributed by atoms with Crippen molar-refractivity contribution in [2.75, 3.05) is 6.54 Å². The molecule has 106 valence electrons. The molecule has 0 heterocycles. The molecule has 0 spiro atoms. The SMILES string of the molecule is CCNC(Cc1ccc2c(c1)CCC2)CC(C)CC. The molecule has 0 saturated carbocycles. The standard InChI is InChI=1S/C18H29N/c1-4-14(3)11-18(19-5-2)13-15-9-10-16-7-6-8-17(16)12-15/h9-10,12,14,18-19H,4-8,11,13H2,1-3H3. The second kappa shape index (κ2) is 7.09. The Kier molecular flexibility index (Phi) is 5.45. The quantitative estimate of drug-likeness (QED) is 0.776. The summed E-state index contributed by atoms with van der Waals surface area (Å²) in [6.07, 6.45) is 7.70. The minimum Gasteiger partial charge on any atom is -0.314 e. The predicted octanol–water partition coefficient (Wildman–Crippen LogP) is 4.13. The van der Waals surface area contributed by atoms with Crippen molar-refractivity contribution in [1.82, 2.24) is 5.32 Å². The summed E-state index contributed by atoms with van der Waals surface area (Å²) in [6.45, 7) is 7.95. The third kappa shape index (κ3) is 4.07. The number of hydrogen-bond acceptors (Lipinski definition) is 1. The molecule has 0 bridgehead atoms. The molecule has 1 aromatic rings. The van der Waals surface area contributed by atoms with Gasteiger partial charge in [0.15, 0.2) is 0 Å². The van der Waals surface area contributed by atoms with Gasteiger partial charge in [-0.2, -0.15) is 0 Å². The van der Waals surface area contributed by atoms with Gasteiger partial charge in [-0.3, -0.25) is 0 Å². The molecule has 2 atom stereocenters. The van der Waals surface area contributed by atoms with E-state index in [1.54, 1.807) is 11.1 Å². The van der Waals surface area contributed by atoms with E-state index in [-0.39, 0.29) is 0 Å². The van der Waals surface area contributed by atoms with Crippen molar-refractivity contribution in [3.63, 3.8) is 0 Å². The van der Waals surface area contributed by atoms with Crippen LogP contribution in [0.1, 0.15) is 56.7 Å². The van der Waals surface area contributed by atoms with Crippen molar-refractivity contribution in [2.24, 2.45) is 5.92 Å². The Labute approximate surface area is 118 Å². The van der Waals surface area contributed by atoms with Crippen molar-refractivity contribution in [3.8, 4) is 0 Å². The highest BCUT2D eigenvalue weighted by Gasteiger charge is 2.15. The molecular formula is C18H29N. The third-order valence-electron chi connectivity index (χ3n) is 4.52. The lowest BCUT2D eigenvalue weighted by molar-refractivity contribution is 0.397. The topological polar surface area (TPSA) is 12.0 Å². The molecule has 0 aliphatic heterocycles. The Morgan fingerprint density at radius 3 is 2.68 bits per heavy atom. The molecule has 0 fully saturated rings. The first-order valence-corrected chi connectivity index (χ1v) is 8.07. The normalized spacial score (nSPS) is 17.2. The molecule has 19 heavy (non-hydrogen) atoms. The molecule has 1 aliphatic rings. The number of hydrogen-bond donors (Lipinski definition) is 1. The highest BCUT2D eigenvalue weighted by atomic mass is 14.9. The summed E-state index contributed by atoms with van der Waals surface area (Å²) in [4.78, 5) is 0. The van der Waals surface area contributed by atoms with Crippen LogP contribution in [0, 0.1) is 5.92 Å². The van der Waals surface area contributed by atoms with Gasteiger partial charge in [-0.1, -0.05) is 45.4 Å². The zero-order valence-electron chi connectivity index (χ0n) is 12.8. The lowest BCUT2D eigenvalue weighted by atomic mass is 9.93. The lowest BCUT2D eigenvalue weighted by Crippen LogP contribution is -2.32. The molecule has 2 unspecified atom stereocenters. The van der Waals surface area contributed by atoms with E-state index >= 15 is 0 Å². The molecule has 2 rings (SSSR count). The number of aryl methyl sites for hydroxylation is 2. The van der Waals surface area contributed by atoms with Crippen LogP contribution in [0.15, 0.2) is 18.2 Å². The maximum absolute atomic E-state index is 3.66. The van der Waals surface area contributed by atoms with Gasteiger partial charge in [0.25, 0.3) is 0 Å². The minimum absolute atomic E-state index is 0.638. The summed E-state index contributed by atoms with van der Waals surface area (Å²) in [6, 6.07) is 7.82. The van der Waals surface area contributed by atoms with Crippen LogP contribution in [-0.4, -0.2) is 12.6 Å².